The molecule has 0 bridgehead atoms. The lowest BCUT2D eigenvalue weighted by molar-refractivity contribution is 0.118. The highest BCUT2D eigenvalue weighted by Crippen LogP contribution is 2.25. The van der Waals surface area contributed by atoms with Crippen LogP contribution in [0.25, 0.3) is 5.65 Å². The van der Waals surface area contributed by atoms with E-state index in [1.54, 1.807) is 26.0 Å². The Bertz CT molecular complexity index is 852. The van der Waals surface area contributed by atoms with Crippen molar-refractivity contribution in [3.63, 3.8) is 0 Å². The van der Waals surface area contributed by atoms with Gasteiger partial charge in [-0.2, -0.15) is 0 Å². The topological polar surface area (TPSA) is 93.4 Å². The van der Waals surface area contributed by atoms with Crippen LogP contribution in [0.5, 0.6) is 0 Å². The van der Waals surface area contributed by atoms with Gasteiger partial charge in [0.2, 0.25) is 0 Å². The largest absolute Gasteiger partial charge is 0.380 e. The van der Waals surface area contributed by atoms with Crippen molar-refractivity contribution in [2.24, 2.45) is 0 Å². The Morgan fingerprint density at radius 3 is 3.12 bits per heavy atom. The maximum absolute atomic E-state index is 5.56. The maximum atomic E-state index is 5.56. The standard InChI is InChI=1S/C16H20N8O/c1-11-21-14(6-16-22-20-10-24(11)16)18-7-12-5-13(25-2)8-23(12)15-3-4-17-9-19-15/h3-4,6,9-10,12-13,18H,5,7-8H2,1-2H3/t12-,13-/m1/s1. The van der Waals surface area contributed by atoms with Gasteiger partial charge in [-0.1, -0.05) is 0 Å². The first-order valence-electron chi connectivity index (χ1n) is 8.21. The molecule has 1 aliphatic heterocycles. The Balaban J connectivity index is 1.51. The van der Waals surface area contributed by atoms with Crippen molar-refractivity contribution in [2.45, 2.75) is 25.5 Å². The van der Waals surface area contributed by atoms with E-state index in [0.717, 1.165) is 42.6 Å². The van der Waals surface area contributed by atoms with Crippen molar-refractivity contribution in [3.8, 4) is 0 Å². The first-order chi connectivity index (χ1) is 12.2. The molecule has 1 saturated heterocycles. The van der Waals surface area contributed by atoms with Crippen LogP contribution >= 0.6 is 0 Å². The van der Waals surface area contributed by atoms with Crippen LogP contribution in [0, 0.1) is 6.92 Å². The molecular weight excluding hydrogens is 320 g/mol. The minimum atomic E-state index is 0.190. The Labute approximate surface area is 145 Å². The molecule has 4 heterocycles. The van der Waals surface area contributed by atoms with Gasteiger partial charge in [0.25, 0.3) is 0 Å². The monoisotopic (exact) mass is 340 g/mol. The van der Waals surface area contributed by atoms with Crippen molar-refractivity contribution in [1.29, 1.82) is 0 Å². The summed E-state index contributed by atoms with van der Waals surface area (Å²) in [7, 11) is 1.75. The molecule has 0 aromatic carbocycles. The second kappa shape index (κ2) is 6.60. The second-order valence-corrected chi connectivity index (χ2v) is 6.10. The van der Waals surface area contributed by atoms with E-state index in [4.69, 9.17) is 4.74 Å². The number of rotatable bonds is 5. The molecule has 0 spiro atoms. The fourth-order valence-corrected chi connectivity index (χ4v) is 3.26. The van der Waals surface area contributed by atoms with Gasteiger partial charge >= 0.3 is 0 Å². The van der Waals surface area contributed by atoms with Crippen LogP contribution in [0.1, 0.15) is 12.2 Å². The molecule has 3 aromatic heterocycles. The predicted octanol–water partition coefficient (Wildman–Crippen LogP) is 0.929. The zero-order chi connectivity index (χ0) is 17.2. The first-order valence-corrected chi connectivity index (χ1v) is 8.21. The quantitative estimate of drug-likeness (QED) is 0.733. The Kier molecular flexibility index (Phi) is 4.14. The molecule has 0 saturated carbocycles. The summed E-state index contributed by atoms with van der Waals surface area (Å²) in [6, 6.07) is 4.09. The smallest absolute Gasteiger partial charge is 0.165 e. The molecule has 1 N–H and O–H groups in total. The molecule has 0 aliphatic carbocycles. The number of nitrogens with one attached hydrogen (secondary N) is 1. The molecule has 0 unspecified atom stereocenters. The van der Waals surface area contributed by atoms with Crippen molar-refractivity contribution in [2.75, 3.05) is 30.4 Å². The van der Waals surface area contributed by atoms with Crippen LogP contribution in [0.15, 0.2) is 31.0 Å². The average Bonchev–Trinajstić information content (AvgIpc) is 3.27. The van der Waals surface area contributed by atoms with Gasteiger partial charge in [0.15, 0.2) is 5.65 Å². The van der Waals surface area contributed by atoms with E-state index < -0.39 is 0 Å². The number of aromatic nitrogens is 6. The minimum Gasteiger partial charge on any atom is -0.380 e. The summed E-state index contributed by atoms with van der Waals surface area (Å²) in [6.07, 6.45) is 6.12. The minimum absolute atomic E-state index is 0.190. The Hall–Kier alpha value is -2.81. The van der Waals surface area contributed by atoms with E-state index in [0.29, 0.717) is 0 Å². The van der Waals surface area contributed by atoms with Crippen LogP contribution in [0.3, 0.4) is 0 Å². The molecule has 4 rings (SSSR count). The summed E-state index contributed by atoms with van der Waals surface area (Å²) < 4.78 is 7.42. The highest BCUT2D eigenvalue weighted by Gasteiger charge is 2.32. The third-order valence-electron chi connectivity index (χ3n) is 4.56. The van der Waals surface area contributed by atoms with E-state index in [1.807, 2.05) is 23.5 Å². The number of ether oxygens (including phenoxy) is 1. The molecule has 25 heavy (non-hydrogen) atoms. The van der Waals surface area contributed by atoms with Crippen LogP contribution in [-0.4, -0.2) is 61.9 Å². The van der Waals surface area contributed by atoms with Gasteiger partial charge in [-0.3, -0.25) is 4.40 Å². The molecule has 9 nitrogen and oxygen atoms in total. The molecule has 0 radical (unpaired) electrons. The maximum Gasteiger partial charge on any atom is 0.165 e. The molecule has 3 aromatic rings. The van der Waals surface area contributed by atoms with E-state index in [9.17, 15) is 0 Å². The first kappa shape index (κ1) is 15.7. The Morgan fingerprint density at radius 1 is 1.40 bits per heavy atom. The van der Waals surface area contributed by atoms with Crippen molar-refractivity contribution < 1.29 is 4.74 Å². The van der Waals surface area contributed by atoms with E-state index in [2.05, 4.69) is 35.4 Å². The van der Waals surface area contributed by atoms with Crippen LogP contribution in [0.2, 0.25) is 0 Å². The Morgan fingerprint density at radius 2 is 2.32 bits per heavy atom. The highest BCUT2D eigenvalue weighted by atomic mass is 16.5. The number of hydrogen-bond acceptors (Lipinski definition) is 8. The summed E-state index contributed by atoms with van der Waals surface area (Å²) >= 11 is 0. The van der Waals surface area contributed by atoms with Gasteiger partial charge in [-0.15, -0.1) is 10.2 Å². The normalized spacial score (nSPS) is 20.3. The van der Waals surface area contributed by atoms with E-state index in [-0.39, 0.29) is 12.1 Å². The molecule has 9 heteroatoms. The van der Waals surface area contributed by atoms with Crippen LogP contribution in [-0.2, 0) is 4.74 Å². The van der Waals surface area contributed by atoms with Crippen molar-refractivity contribution in [1.82, 2.24) is 29.5 Å². The summed E-state index contributed by atoms with van der Waals surface area (Å²) in [5.41, 5.74) is 0.781. The number of nitrogens with zero attached hydrogens (tertiary/aromatic N) is 7. The summed E-state index contributed by atoms with van der Waals surface area (Å²) in [5.74, 6) is 2.55. The number of anilines is 2. The molecule has 1 fully saturated rings. The van der Waals surface area contributed by atoms with E-state index >= 15 is 0 Å². The highest BCUT2D eigenvalue weighted by molar-refractivity contribution is 5.50. The zero-order valence-corrected chi connectivity index (χ0v) is 14.2. The molecule has 130 valence electrons. The summed E-state index contributed by atoms with van der Waals surface area (Å²) in [5, 5.41) is 11.4. The molecule has 0 amide bonds. The van der Waals surface area contributed by atoms with Gasteiger partial charge in [0.05, 0.1) is 12.1 Å². The number of fused-ring (bicyclic) bond motifs is 1. The zero-order valence-electron chi connectivity index (χ0n) is 14.2. The number of methoxy groups -OCH3 is 1. The lowest BCUT2D eigenvalue weighted by Crippen LogP contribution is -2.35. The number of hydrogen-bond donors (Lipinski definition) is 1. The van der Waals surface area contributed by atoms with Crippen LogP contribution in [0.4, 0.5) is 11.6 Å². The molecule has 2 atom stereocenters. The van der Waals surface area contributed by atoms with Gasteiger partial charge in [-0.05, 0) is 19.4 Å². The van der Waals surface area contributed by atoms with Gasteiger partial charge < -0.3 is 15.0 Å². The molecular formula is C16H20N8O. The third-order valence-corrected chi connectivity index (χ3v) is 4.56. The van der Waals surface area contributed by atoms with Crippen molar-refractivity contribution >= 4 is 17.3 Å². The van der Waals surface area contributed by atoms with Crippen molar-refractivity contribution in [3.05, 3.63) is 36.8 Å². The average molecular weight is 340 g/mol. The fraction of sp³-hybridized carbons (Fsp3) is 0.438. The predicted molar refractivity (Wildman–Crippen MR) is 92.6 cm³/mol. The SMILES string of the molecule is CO[C@@H]1C[C@H](CNc2cc3nncn3c(C)n2)N(c2ccncn2)C1. The van der Waals surface area contributed by atoms with Crippen LogP contribution < -0.4 is 10.2 Å². The fourth-order valence-electron chi connectivity index (χ4n) is 3.26. The van der Waals surface area contributed by atoms with Gasteiger partial charge in [0.1, 0.15) is 30.1 Å². The summed E-state index contributed by atoms with van der Waals surface area (Å²) in [6.45, 7) is 3.49. The second-order valence-electron chi connectivity index (χ2n) is 6.10. The summed E-state index contributed by atoms with van der Waals surface area (Å²) in [4.78, 5) is 15.2. The van der Waals surface area contributed by atoms with Gasteiger partial charge in [0, 0.05) is 32.5 Å². The number of aryl methyl sites for hydroxylation is 1. The lowest BCUT2D eigenvalue weighted by atomic mass is 10.2. The van der Waals surface area contributed by atoms with Gasteiger partial charge in [-0.25, -0.2) is 15.0 Å². The molecule has 1 aliphatic rings. The lowest BCUT2D eigenvalue weighted by Gasteiger charge is -2.25. The van der Waals surface area contributed by atoms with E-state index in [1.165, 1.54) is 0 Å². The third kappa shape index (κ3) is 3.10.